The predicted molar refractivity (Wildman–Crippen MR) is 99.6 cm³/mol. The number of aromatic nitrogens is 2. The van der Waals surface area contributed by atoms with E-state index in [0.717, 1.165) is 42.2 Å². The summed E-state index contributed by atoms with van der Waals surface area (Å²) in [6, 6.07) is 12.6. The molecule has 1 aliphatic heterocycles. The zero-order valence-electron chi connectivity index (χ0n) is 15.3. The topological polar surface area (TPSA) is 51.4 Å². The van der Waals surface area contributed by atoms with Gasteiger partial charge in [0.2, 0.25) is 0 Å². The fourth-order valence-corrected chi connectivity index (χ4v) is 3.73. The molecular weight excluding hydrogens is 345 g/mol. The number of likely N-dealkylation sites (N-methyl/N-ethyl adjacent to an activating group) is 1. The van der Waals surface area contributed by atoms with Gasteiger partial charge in [-0.25, -0.2) is 4.39 Å². The fourth-order valence-electron chi connectivity index (χ4n) is 3.73. The molecule has 1 atom stereocenters. The van der Waals surface area contributed by atoms with Crippen molar-refractivity contribution in [2.24, 2.45) is 0 Å². The van der Waals surface area contributed by atoms with Crippen molar-refractivity contribution in [3.8, 4) is 11.3 Å². The smallest absolute Gasteiger partial charge is 0.151 e. The van der Waals surface area contributed by atoms with Crippen molar-refractivity contribution in [2.75, 3.05) is 26.8 Å². The third kappa shape index (κ3) is 3.91. The SMILES string of the molecule is CN(Cc1cc(-c2cccnc2)no1)C[C@@]1(c2ccc(F)cc2)CCOC1. The van der Waals surface area contributed by atoms with Gasteiger partial charge in [-0.15, -0.1) is 0 Å². The zero-order chi connectivity index (χ0) is 18.7. The summed E-state index contributed by atoms with van der Waals surface area (Å²) in [5.74, 6) is 0.579. The van der Waals surface area contributed by atoms with E-state index in [4.69, 9.17) is 9.26 Å². The maximum absolute atomic E-state index is 13.3. The lowest BCUT2D eigenvalue weighted by Crippen LogP contribution is -2.39. The van der Waals surface area contributed by atoms with Crippen LogP contribution in [0.15, 0.2) is 59.4 Å². The van der Waals surface area contributed by atoms with Crippen molar-refractivity contribution in [2.45, 2.75) is 18.4 Å². The summed E-state index contributed by atoms with van der Waals surface area (Å²) in [6.07, 6.45) is 4.42. The molecule has 1 aliphatic rings. The first-order valence-corrected chi connectivity index (χ1v) is 9.03. The Labute approximate surface area is 157 Å². The highest BCUT2D eigenvalue weighted by Crippen LogP contribution is 2.34. The minimum absolute atomic E-state index is 0.130. The molecule has 0 saturated carbocycles. The monoisotopic (exact) mass is 367 g/mol. The molecule has 0 unspecified atom stereocenters. The molecule has 4 rings (SSSR count). The highest BCUT2D eigenvalue weighted by Gasteiger charge is 2.37. The van der Waals surface area contributed by atoms with Crippen molar-refractivity contribution >= 4 is 0 Å². The summed E-state index contributed by atoms with van der Waals surface area (Å²) in [4.78, 5) is 6.32. The molecule has 2 aromatic heterocycles. The quantitative estimate of drug-likeness (QED) is 0.665. The number of halogens is 1. The van der Waals surface area contributed by atoms with E-state index in [0.29, 0.717) is 13.2 Å². The molecule has 0 N–H and O–H groups in total. The van der Waals surface area contributed by atoms with Crippen molar-refractivity contribution in [3.05, 3.63) is 72.0 Å². The van der Waals surface area contributed by atoms with Crippen LogP contribution >= 0.6 is 0 Å². The Balaban J connectivity index is 1.47. The summed E-state index contributed by atoms with van der Waals surface area (Å²) in [7, 11) is 2.05. The molecular formula is C21H22FN3O2. The molecule has 27 heavy (non-hydrogen) atoms. The van der Waals surface area contributed by atoms with Crippen LogP contribution in [0.4, 0.5) is 4.39 Å². The average Bonchev–Trinajstić information content (AvgIpc) is 3.33. The number of hydrogen-bond acceptors (Lipinski definition) is 5. The van der Waals surface area contributed by atoms with Crippen LogP contribution in [0.1, 0.15) is 17.7 Å². The van der Waals surface area contributed by atoms with E-state index < -0.39 is 0 Å². The molecule has 1 saturated heterocycles. The highest BCUT2D eigenvalue weighted by molar-refractivity contribution is 5.57. The Bertz CT molecular complexity index is 874. The fraction of sp³-hybridized carbons (Fsp3) is 0.333. The molecule has 6 heteroatoms. The lowest BCUT2D eigenvalue weighted by Gasteiger charge is -2.32. The third-order valence-electron chi connectivity index (χ3n) is 5.07. The molecule has 3 heterocycles. The first-order chi connectivity index (χ1) is 13.1. The Morgan fingerprint density at radius 2 is 2.07 bits per heavy atom. The maximum atomic E-state index is 13.3. The normalized spacial score (nSPS) is 19.7. The molecule has 0 spiro atoms. The van der Waals surface area contributed by atoms with Crippen molar-refractivity contribution in [1.82, 2.24) is 15.0 Å². The standard InChI is InChI=1S/C21H22FN3O2/c1-25(13-19-11-20(24-27-19)16-3-2-9-23-12-16)14-21(8-10-26-15-21)17-4-6-18(22)7-5-17/h2-7,9,11-12H,8,10,13-15H2,1H3/t21-/m0/s1. The van der Waals surface area contributed by atoms with Crippen molar-refractivity contribution < 1.29 is 13.7 Å². The van der Waals surface area contributed by atoms with Gasteiger partial charge in [-0.3, -0.25) is 9.88 Å². The molecule has 0 aliphatic carbocycles. The number of ether oxygens (including phenoxy) is 1. The van der Waals surface area contributed by atoms with E-state index >= 15 is 0 Å². The Kier molecular flexibility index (Phi) is 5.01. The number of rotatable bonds is 6. The van der Waals surface area contributed by atoms with Gasteiger partial charge in [0.1, 0.15) is 11.5 Å². The second-order valence-corrected chi connectivity index (χ2v) is 7.18. The van der Waals surface area contributed by atoms with Gasteiger partial charge in [-0.2, -0.15) is 0 Å². The number of pyridine rings is 1. The van der Waals surface area contributed by atoms with Gasteiger partial charge in [-0.1, -0.05) is 17.3 Å². The molecule has 1 aromatic carbocycles. The minimum Gasteiger partial charge on any atom is -0.380 e. The van der Waals surface area contributed by atoms with E-state index in [2.05, 4.69) is 22.1 Å². The van der Waals surface area contributed by atoms with Crippen LogP contribution in [0.25, 0.3) is 11.3 Å². The first kappa shape index (κ1) is 17.8. The highest BCUT2D eigenvalue weighted by atomic mass is 19.1. The summed E-state index contributed by atoms with van der Waals surface area (Å²) in [5.41, 5.74) is 2.70. The number of benzene rings is 1. The van der Waals surface area contributed by atoms with Crippen LogP contribution in [0.3, 0.4) is 0 Å². The van der Waals surface area contributed by atoms with Crippen LogP contribution in [-0.4, -0.2) is 41.8 Å². The number of nitrogens with zero attached hydrogens (tertiary/aromatic N) is 3. The summed E-state index contributed by atoms with van der Waals surface area (Å²) in [6.45, 7) is 2.79. The van der Waals surface area contributed by atoms with Gasteiger partial charge in [0.15, 0.2) is 5.76 Å². The molecule has 0 amide bonds. The summed E-state index contributed by atoms with van der Waals surface area (Å²) >= 11 is 0. The molecule has 5 nitrogen and oxygen atoms in total. The molecule has 1 fully saturated rings. The molecule has 0 radical (unpaired) electrons. The lowest BCUT2D eigenvalue weighted by atomic mass is 9.79. The number of hydrogen-bond donors (Lipinski definition) is 0. The minimum atomic E-state index is -0.217. The Morgan fingerprint density at radius 3 is 2.78 bits per heavy atom. The van der Waals surface area contributed by atoms with Gasteiger partial charge in [-0.05, 0) is 43.3 Å². The maximum Gasteiger partial charge on any atom is 0.151 e. The second kappa shape index (κ2) is 7.58. The summed E-state index contributed by atoms with van der Waals surface area (Å²) < 4.78 is 24.5. The van der Waals surface area contributed by atoms with Gasteiger partial charge in [0.05, 0.1) is 13.2 Å². The van der Waals surface area contributed by atoms with Gasteiger partial charge in [0.25, 0.3) is 0 Å². The molecule has 140 valence electrons. The molecule has 0 bridgehead atoms. The predicted octanol–water partition coefficient (Wildman–Crippen LogP) is 3.67. The van der Waals surface area contributed by atoms with Gasteiger partial charge in [0, 0.05) is 42.6 Å². The van der Waals surface area contributed by atoms with Crippen molar-refractivity contribution in [3.63, 3.8) is 0 Å². The van der Waals surface area contributed by atoms with Crippen LogP contribution in [0.5, 0.6) is 0 Å². The Morgan fingerprint density at radius 1 is 1.22 bits per heavy atom. The van der Waals surface area contributed by atoms with E-state index in [1.165, 1.54) is 12.1 Å². The van der Waals surface area contributed by atoms with E-state index in [1.807, 2.05) is 30.3 Å². The summed E-state index contributed by atoms with van der Waals surface area (Å²) in [5, 5.41) is 4.15. The Hall–Kier alpha value is -2.57. The van der Waals surface area contributed by atoms with Crippen LogP contribution in [0.2, 0.25) is 0 Å². The van der Waals surface area contributed by atoms with Crippen LogP contribution in [0, 0.1) is 5.82 Å². The second-order valence-electron chi connectivity index (χ2n) is 7.18. The van der Waals surface area contributed by atoms with Gasteiger partial charge >= 0.3 is 0 Å². The van der Waals surface area contributed by atoms with E-state index in [-0.39, 0.29) is 11.2 Å². The lowest BCUT2D eigenvalue weighted by molar-refractivity contribution is 0.153. The largest absolute Gasteiger partial charge is 0.380 e. The van der Waals surface area contributed by atoms with Gasteiger partial charge < -0.3 is 9.26 Å². The van der Waals surface area contributed by atoms with Crippen LogP contribution < -0.4 is 0 Å². The third-order valence-corrected chi connectivity index (χ3v) is 5.07. The van der Waals surface area contributed by atoms with Crippen molar-refractivity contribution in [1.29, 1.82) is 0 Å². The zero-order valence-corrected chi connectivity index (χ0v) is 15.3. The molecule has 3 aromatic rings. The van der Waals surface area contributed by atoms with Crippen LogP contribution in [-0.2, 0) is 16.7 Å². The van der Waals surface area contributed by atoms with E-state index in [9.17, 15) is 4.39 Å². The first-order valence-electron chi connectivity index (χ1n) is 9.03. The average molecular weight is 367 g/mol. The van der Waals surface area contributed by atoms with E-state index in [1.54, 1.807) is 12.4 Å².